The zero-order chi connectivity index (χ0) is 9.97. The number of ether oxygens (including phenoxy) is 1. The monoisotopic (exact) mass is 209 g/mol. The van der Waals surface area contributed by atoms with Gasteiger partial charge in [0.25, 0.3) is 0 Å². The molecule has 4 heteroatoms. The molecule has 2 aromatic rings. The van der Waals surface area contributed by atoms with Gasteiger partial charge < -0.3 is 14.8 Å². The molecule has 1 unspecified atom stereocenters. The number of aromatic amines is 1. The van der Waals surface area contributed by atoms with Gasteiger partial charge in [0, 0.05) is 22.1 Å². The summed E-state index contributed by atoms with van der Waals surface area (Å²) >= 11 is 1.49. The third kappa shape index (κ3) is 1.66. The van der Waals surface area contributed by atoms with Crippen molar-refractivity contribution in [3.8, 4) is 5.75 Å². The van der Waals surface area contributed by atoms with Crippen LogP contribution < -0.4 is 4.74 Å². The van der Waals surface area contributed by atoms with E-state index in [2.05, 4.69) is 4.98 Å². The van der Waals surface area contributed by atoms with E-state index in [4.69, 9.17) is 4.74 Å². The van der Waals surface area contributed by atoms with Crippen LogP contribution in [0.4, 0.5) is 0 Å². The maximum Gasteiger partial charge on any atom is 0.129 e. The highest BCUT2D eigenvalue weighted by molar-refractivity contribution is 7.10. The summed E-state index contributed by atoms with van der Waals surface area (Å²) in [6, 6.07) is 5.57. The first-order valence-corrected chi connectivity index (χ1v) is 5.13. The Balaban J connectivity index is 2.23. The lowest BCUT2D eigenvalue weighted by Crippen LogP contribution is -1.96. The number of hydrogen-bond acceptors (Lipinski definition) is 3. The van der Waals surface area contributed by atoms with Crippen LogP contribution in [0.25, 0.3) is 0 Å². The smallest absolute Gasteiger partial charge is 0.129 e. The highest BCUT2D eigenvalue weighted by Crippen LogP contribution is 2.29. The highest BCUT2D eigenvalue weighted by atomic mass is 32.1. The van der Waals surface area contributed by atoms with Crippen LogP contribution in [0.2, 0.25) is 0 Å². The molecule has 0 fully saturated rings. The van der Waals surface area contributed by atoms with Gasteiger partial charge in [-0.2, -0.15) is 0 Å². The van der Waals surface area contributed by atoms with Crippen molar-refractivity contribution >= 4 is 11.3 Å². The van der Waals surface area contributed by atoms with Crippen LogP contribution in [-0.4, -0.2) is 17.2 Å². The molecule has 2 rings (SSSR count). The molecule has 3 nitrogen and oxygen atoms in total. The number of rotatable bonds is 3. The van der Waals surface area contributed by atoms with E-state index in [1.54, 1.807) is 13.3 Å². The van der Waals surface area contributed by atoms with Crippen LogP contribution in [0.3, 0.4) is 0 Å². The number of thiophene rings is 1. The van der Waals surface area contributed by atoms with Crippen molar-refractivity contribution in [3.05, 3.63) is 40.3 Å². The van der Waals surface area contributed by atoms with E-state index in [0.717, 1.165) is 16.3 Å². The predicted molar refractivity (Wildman–Crippen MR) is 55.7 cm³/mol. The van der Waals surface area contributed by atoms with Crippen molar-refractivity contribution < 1.29 is 9.84 Å². The summed E-state index contributed by atoms with van der Waals surface area (Å²) < 4.78 is 5.05. The summed E-state index contributed by atoms with van der Waals surface area (Å²) in [5.41, 5.74) is 0.800. The van der Waals surface area contributed by atoms with Gasteiger partial charge in [0.05, 0.1) is 7.11 Å². The molecular weight excluding hydrogens is 198 g/mol. The van der Waals surface area contributed by atoms with Gasteiger partial charge in [0.2, 0.25) is 0 Å². The second kappa shape index (κ2) is 3.86. The molecule has 0 bridgehead atoms. The minimum Gasteiger partial charge on any atom is -0.496 e. The highest BCUT2D eigenvalue weighted by Gasteiger charge is 2.13. The first-order chi connectivity index (χ1) is 6.81. The molecule has 0 aliphatic rings. The molecule has 2 heterocycles. The van der Waals surface area contributed by atoms with Gasteiger partial charge in [0.1, 0.15) is 11.9 Å². The second-order valence-electron chi connectivity index (χ2n) is 2.92. The molecule has 0 radical (unpaired) electrons. The van der Waals surface area contributed by atoms with Crippen molar-refractivity contribution in [2.24, 2.45) is 0 Å². The quantitative estimate of drug-likeness (QED) is 0.813. The molecule has 0 amide bonds. The van der Waals surface area contributed by atoms with Crippen molar-refractivity contribution in [2.45, 2.75) is 6.10 Å². The van der Waals surface area contributed by atoms with Gasteiger partial charge in [-0.3, -0.25) is 0 Å². The lowest BCUT2D eigenvalue weighted by Gasteiger charge is -2.04. The maximum atomic E-state index is 9.91. The molecule has 1 atom stereocenters. The molecule has 2 N–H and O–H groups in total. The SMILES string of the molecule is COc1csc(C(O)c2ccc[nH]2)c1. The predicted octanol–water partition coefficient (Wildman–Crippen LogP) is 2.17. The van der Waals surface area contributed by atoms with Crippen LogP contribution >= 0.6 is 11.3 Å². The number of nitrogens with one attached hydrogen (secondary N) is 1. The topological polar surface area (TPSA) is 45.2 Å². The average Bonchev–Trinajstić information content (AvgIpc) is 2.88. The molecular formula is C10H11NO2S. The lowest BCUT2D eigenvalue weighted by molar-refractivity contribution is 0.219. The Bertz CT molecular complexity index is 394. The minimum absolute atomic E-state index is 0.584. The van der Waals surface area contributed by atoms with Crippen molar-refractivity contribution in [1.82, 2.24) is 4.98 Å². The van der Waals surface area contributed by atoms with E-state index in [1.807, 2.05) is 23.6 Å². The number of H-pyrrole nitrogens is 1. The van der Waals surface area contributed by atoms with E-state index in [0.29, 0.717) is 0 Å². The summed E-state index contributed by atoms with van der Waals surface area (Å²) in [5, 5.41) is 11.8. The molecule has 0 saturated carbocycles. The lowest BCUT2D eigenvalue weighted by atomic mass is 10.2. The molecule has 0 aliphatic heterocycles. The Hall–Kier alpha value is -1.26. The van der Waals surface area contributed by atoms with Crippen LogP contribution in [0, 0.1) is 0 Å². The number of aliphatic hydroxyl groups is 1. The minimum atomic E-state index is -0.584. The van der Waals surface area contributed by atoms with Crippen molar-refractivity contribution in [2.75, 3.05) is 7.11 Å². The van der Waals surface area contributed by atoms with Gasteiger partial charge in [-0.1, -0.05) is 0 Å². The number of hydrogen-bond donors (Lipinski definition) is 2. The fourth-order valence-electron chi connectivity index (χ4n) is 1.25. The van der Waals surface area contributed by atoms with Gasteiger partial charge in [0.15, 0.2) is 0 Å². The number of aromatic nitrogens is 1. The van der Waals surface area contributed by atoms with Gasteiger partial charge in [-0.25, -0.2) is 0 Å². The Morgan fingerprint density at radius 1 is 1.57 bits per heavy atom. The Labute approximate surface area is 86.0 Å². The zero-order valence-corrected chi connectivity index (χ0v) is 8.54. The molecule has 0 aliphatic carbocycles. The van der Waals surface area contributed by atoms with E-state index >= 15 is 0 Å². The largest absolute Gasteiger partial charge is 0.496 e. The van der Waals surface area contributed by atoms with E-state index < -0.39 is 6.10 Å². The van der Waals surface area contributed by atoms with Crippen LogP contribution in [-0.2, 0) is 0 Å². The van der Waals surface area contributed by atoms with Gasteiger partial charge in [-0.15, -0.1) is 11.3 Å². The third-order valence-corrected chi connectivity index (χ3v) is 2.98. The fraction of sp³-hybridized carbons (Fsp3) is 0.200. The zero-order valence-electron chi connectivity index (χ0n) is 7.73. The Morgan fingerprint density at radius 3 is 3.00 bits per heavy atom. The van der Waals surface area contributed by atoms with Crippen molar-refractivity contribution in [1.29, 1.82) is 0 Å². The van der Waals surface area contributed by atoms with Crippen LogP contribution in [0.5, 0.6) is 5.75 Å². The number of aliphatic hydroxyl groups excluding tert-OH is 1. The number of methoxy groups -OCH3 is 1. The molecule has 14 heavy (non-hydrogen) atoms. The first kappa shape index (κ1) is 9.30. The Morgan fingerprint density at radius 2 is 2.43 bits per heavy atom. The van der Waals surface area contributed by atoms with Gasteiger partial charge in [-0.05, 0) is 18.2 Å². The molecule has 2 aromatic heterocycles. The first-order valence-electron chi connectivity index (χ1n) is 4.25. The fourth-order valence-corrected chi connectivity index (χ4v) is 2.11. The Kier molecular flexibility index (Phi) is 2.56. The summed E-state index contributed by atoms with van der Waals surface area (Å²) in [5.74, 6) is 0.788. The average molecular weight is 209 g/mol. The molecule has 74 valence electrons. The summed E-state index contributed by atoms with van der Waals surface area (Å²) in [6.07, 6.45) is 1.21. The molecule has 0 spiro atoms. The van der Waals surface area contributed by atoms with Gasteiger partial charge >= 0.3 is 0 Å². The van der Waals surface area contributed by atoms with Crippen molar-refractivity contribution in [3.63, 3.8) is 0 Å². The second-order valence-corrected chi connectivity index (χ2v) is 3.86. The summed E-state index contributed by atoms with van der Waals surface area (Å²) in [6.45, 7) is 0. The third-order valence-electron chi connectivity index (χ3n) is 2.02. The normalized spacial score (nSPS) is 12.7. The maximum absolute atomic E-state index is 9.91. The summed E-state index contributed by atoms with van der Waals surface area (Å²) in [7, 11) is 1.62. The standard InChI is InChI=1S/C10H11NO2S/c1-13-7-5-9(14-6-7)10(12)8-3-2-4-11-8/h2-6,10-12H,1H3. The molecule has 0 aromatic carbocycles. The van der Waals surface area contributed by atoms with Crippen LogP contribution in [0.1, 0.15) is 16.7 Å². The van der Waals surface area contributed by atoms with Crippen LogP contribution in [0.15, 0.2) is 29.8 Å². The summed E-state index contributed by atoms with van der Waals surface area (Å²) in [4.78, 5) is 3.86. The van der Waals surface area contributed by atoms with E-state index in [-0.39, 0.29) is 0 Å². The van der Waals surface area contributed by atoms with E-state index in [9.17, 15) is 5.11 Å². The molecule has 0 saturated heterocycles. The van der Waals surface area contributed by atoms with E-state index in [1.165, 1.54) is 11.3 Å².